The molecule has 31 heavy (non-hydrogen) atoms. The second kappa shape index (κ2) is 10.5. The van der Waals surface area contributed by atoms with Crippen LogP contribution in [-0.2, 0) is 11.3 Å². The number of halogens is 4. The summed E-state index contributed by atoms with van der Waals surface area (Å²) in [6.07, 6.45) is 0. The number of ether oxygens (including phenoxy) is 2. The molecule has 1 heterocycles. The van der Waals surface area contributed by atoms with E-state index in [1.807, 2.05) is 4.90 Å². The van der Waals surface area contributed by atoms with Crippen LogP contribution in [0.25, 0.3) is 0 Å². The van der Waals surface area contributed by atoms with Crippen LogP contribution in [0.5, 0.6) is 5.75 Å². The molecule has 1 saturated heterocycles. The molecule has 168 valence electrons. The first-order valence-electron chi connectivity index (χ1n) is 9.57. The largest absolute Gasteiger partial charge is 0.478 e. The third-order valence-corrected chi connectivity index (χ3v) is 4.98. The van der Waals surface area contributed by atoms with Gasteiger partial charge in [0.05, 0.1) is 18.2 Å². The molecule has 2 aromatic carbocycles. The Kier molecular flexibility index (Phi) is 7.69. The van der Waals surface area contributed by atoms with Crippen LogP contribution in [0.2, 0.25) is 0 Å². The molecule has 0 aliphatic carbocycles. The van der Waals surface area contributed by atoms with Crippen molar-refractivity contribution in [2.45, 2.75) is 25.8 Å². The monoisotopic (exact) mass is 442 g/mol. The van der Waals surface area contributed by atoms with E-state index in [1.54, 1.807) is 24.3 Å². The first-order valence-corrected chi connectivity index (χ1v) is 9.57. The van der Waals surface area contributed by atoms with Crippen molar-refractivity contribution >= 4 is 11.7 Å². The highest BCUT2D eigenvalue weighted by Crippen LogP contribution is 2.24. The molecule has 1 atom stereocenters. The molecule has 2 aromatic rings. The van der Waals surface area contributed by atoms with E-state index in [2.05, 4.69) is 14.4 Å². The molecule has 0 bridgehead atoms. The molecule has 1 N–H and O–H groups in total. The Morgan fingerprint density at radius 3 is 2.26 bits per heavy atom. The van der Waals surface area contributed by atoms with E-state index in [9.17, 15) is 22.4 Å². The zero-order chi connectivity index (χ0) is 22.4. The van der Waals surface area contributed by atoms with Gasteiger partial charge in [-0.1, -0.05) is 12.1 Å². The normalized spacial score (nSPS) is 17.4. The van der Waals surface area contributed by atoms with Gasteiger partial charge in [0.1, 0.15) is 5.75 Å². The van der Waals surface area contributed by atoms with Gasteiger partial charge in [0.2, 0.25) is 0 Å². The number of anilines is 1. The number of hydrogen-bond donors (Lipinski definition) is 1. The lowest BCUT2D eigenvalue weighted by Crippen LogP contribution is -2.55. The smallest absolute Gasteiger partial charge is 0.387 e. The maximum Gasteiger partial charge on any atom is 0.387 e. The fraction of sp³-hybridized carbons (Fsp3) is 0.381. The number of nitrogens with zero attached hydrogens (tertiary/aromatic N) is 2. The lowest BCUT2D eigenvalue weighted by molar-refractivity contribution is -0.134. The van der Waals surface area contributed by atoms with Crippen LogP contribution in [0.1, 0.15) is 15.9 Å². The predicted molar refractivity (Wildman–Crippen MR) is 105 cm³/mol. The van der Waals surface area contributed by atoms with Crippen molar-refractivity contribution in [1.29, 1.82) is 0 Å². The third-order valence-electron chi connectivity index (χ3n) is 4.98. The minimum Gasteiger partial charge on any atom is -0.478 e. The summed E-state index contributed by atoms with van der Waals surface area (Å²) in [5.74, 6) is -0.976. The van der Waals surface area contributed by atoms with E-state index in [-0.39, 0.29) is 24.0 Å². The highest BCUT2D eigenvalue weighted by Gasteiger charge is 2.28. The summed E-state index contributed by atoms with van der Waals surface area (Å²) in [5.41, 5.74) is 1.73. The number of rotatable bonds is 9. The molecule has 0 radical (unpaired) electrons. The van der Waals surface area contributed by atoms with E-state index < -0.39 is 19.2 Å². The van der Waals surface area contributed by atoms with Crippen LogP contribution in [0.3, 0.4) is 0 Å². The minimum atomic E-state index is -2.89. The lowest BCUT2D eigenvalue weighted by atomic mass is 10.1. The zero-order valence-electron chi connectivity index (χ0n) is 16.5. The maximum absolute atomic E-state index is 12.6. The summed E-state index contributed by atoms with van der Waals surface area (Å²) < 4.78 is 58.7. The molecule has 0 saturated carbocycles. The van der Waals surface area contributed by atoms with Gasteiger partial charge in [-0.15, -0.1) is 0 Å². The average Bonchev–Trinajstić information content (AvgIpc) is 2.73. The van der Waals surface area contributed by atoms with E-state index in [0.29, 0.717) is 26.2 Å². The Hall–Kier alpha value is -2.85. The zero-order valence-corrected chi connectivity index (χ0v) is 16.5. The summed E-state index contributed by atoms with van der Waals surface area (Å²) >= 11 is 0. The summed E-state index contributed by atoms with van der Waals surface area (Å²) in [4.78, 5) is 15.0. The number of carbonyl (C=O) groups is 1. The third kappa shape index (κ3) is 6.56. The van der Waals surface area contributed by atoms with E-state index in [4.69, 9.17) is 5.11 Å². The van der Waals surface area contributed by atoms with E-state index >= 15 is 0 Å². The van der Waals surface area contributed by atoms with Crippen molar-refractivity contribution in [3.63, 3.8) is 0 Å². The number of piperazine rings is 1. The Morgan fingerprint density at radius 2 is 1.68 bits per heavy atom. The van der Waals surface area contributed by atoms with Gasteiger partial charge in [-0.3, -0.25) is 4.90 Å². The molecule has 1 aliphatic heterocycles. The van der Waals surface area contributed by atoms with Crippen molar-refractivity contribution in [3.05, 3.63) is 59.7 Å². The topological polar surface area (TPSA) is 62.2 Å². The van der Waals surface area contributed by atoms with Crippen molar-refractivity contribution in [2.24, 2.45) is 0 Å². The molecule has 3 rings (SSSR count). The fourth-order valence-corrected chi connectivity index (χ4v) is 3.56. The average molecular weight is 442 g/mol. The Bertz CT molecular complexity index is 849. The predicted octanol–water partition coefficient (Wildman–Crippen LogP) is 3.92. The highest BCUT2D eigenvalue weighted by atomic mass is 19.3. The minimum absolute atomic E-state index is 0.0663. The number of carboxylic acid groups (broad SMARTS) is 1. The maximum atomic E-state index is 12.6. The van der Waals surface area contributed by atoms with Crippen molar-refractivity contribution in [1.82, 2.24) is 4.90 Å². The molecule has 10 heteroatoms. The number of aromatic carboxylic acids is 1. The fourth-order valence-electron chi connectivity index (χ4n) is 3.56. The van der Waals surface area contributed by atoms with Crippen LogP contribution in [0.4, 0.5) is 23.2 Å². The SMILES string of the molecule is O=C(O)c1ccc(N2CCN(Cc3ccc(OC(F)F)cc3)CC2COC(F)F)cc1. The highest BCUT2D eigenvalue weighted by molar-refractivity contribution is 5.88. The van der Waals surface area contributed by atoms with Crippen LogP contribution in [0.15, 0.2) is 48.5 Å². The number of benzene rings is 2. The lowest BCUT2D eigenvalue weighted by Gasteiger charge is -2.42. The van der Waals surface area contributed by atoms with Gasteiger partial charge < -0.3 is 19.5 Å². The van der Waals surface area contributed by atoms with Crippen molar-refractivity contribution in [3.8, 4) is 5.75 Å². The van der Waals surface area contributed by atoms with Gasteiger partial charge in [-0.2, -0.15) is 17.6 Å². The quantitative estimate of drug-likeness (QED) is 0.594. The second-order valence-electron chi connectivity index (χ2n) is 7.05. The standard InChI is InChI=1S/C21H22F4N2O4/c22-20(23)30-13-17-12-26(11-14-1-7-18(8-2-14)31-21(24)25)9-10-27(17)16-5-3-15(4-6-16)19(28)29/h1-8,17,20-21H,9-13H2,(H,28,29). The van der Waals surface area contributed by atoms with Crippen molar-refractivity contribution < 1.29 is 36.9 Å². The number of carboxylic acids is 1. The Morgan fingerprint density at radius 1 is 1.00 bits per heavy atom. The Labute approximate surface area is 176 Å². The molecule has 0 aromatic heterocycles. The van der Waals surface area contributed by atoms with Gasteiger partial charge in [-0.05, 0) is 42.0 Å². The van der Waals surface area contributed by atoms with E-state index in [0.717, 1.165) is 11.3 Å². The van der Waals surface area contributed by atoms with Gasteiger partial charge in [-0.25, -0.2) is 4.79 Å². The molecule has 0 spiro atoms. The van der Waals surface area contributed by atoms with Gasteiger partial charge in [0.25, 0.3) is 0 Å². The number of hydrogen-bond acceptors (Lipinski definition) is 5. The Balaban J connectivity index is 1.67. The molecule has 1 fully saturated rings. The first-order chi connectivity index (χ1) is 14.8. The van der Waals surface area contributed by atoms with Crippen LogP contribution in [0, 0.1) is 0 Å². The van der Waals surface area contributed by atoms with Gasteiger partial charge in [0.15, 0.2) is 0 Å². The summed E-state index contributed by atoms with van der Waals surface area (Å²) in [5, 5.41) is 9.05. The second-order valence-corrected chi connectivity index (χ2v) is 7.05. The molecule has 0 amide bonds. The number of alkyl halides is 4. The molecule has 6 nitrogen and oxygen atoms in total. The van der Waals surface area contributed by atoms with E-state index in [1.165, 1.54) is 24.3 Å². The van der Waals surface area contributed by atoms with Gasteiger partial charge in [0, 0.05) is 31.9 Å². The summed E-state index contributed by atoms with van der Waals surface area (Å²) in [7, 11) is 0. The molecular formula is C21H22F4N2O4. The van der Waals surface area contributed by atoms with Crippen LogP contribution >= 0.6 is 0 Å². The molecule has 1 unspecified atom stereocenters. The van der Waals surface area contributed by atoms with Crippen molar-refractivity contribution in [2.75, 3.05) is 31.1 Å². The van der Waals surface area contributed by atoms with Gasteiger partial charge >= 0.3 is 19.2 Å². The molecule has 1 aliphatic rings. The van der Waals surface area contributed by atoms with Crippen LogP contribution in [-0.4, -0.2) is 61.5 Å². The summed E-state index contributed by atoms with van der Waals surface area (Å²) in [6, 6.07) is 12.1. The van der Waals surface area contributed by atoms with Crippen LogP contribution < -0.4 is 9.64 Å². The first kappa shape index (κ1) is 22.8. The summed E-state index contributed by atoms with van der Waals surface area (Å²) in [6.45, 7) is -3.89. The molecular weight excluding hydrogens is 420 g/mol.